The van der Waals surface area contributed by atoms with E-state index < -0.39 is 6.10 Å². The highest BCUT2D eigenvalue weighted by Crippen LogP contribution is 2.05. The molecule has 0 aliphatic carbocycles. The molecule has 15 heavy (non-hydrogen) atoms. The van der Waals surface area contributed by atoms with Crippen molar-refractivity contribution in [1.29, 1.82) is 0 Å². The van der Waals surface area contributed by atoms with Crippen LogP contribution in [0, 0.1) is 0 Å². The van der Waals surface area contributed by atoms with Gasteiger partial charge >= 0.3 is 0 Å². The van der Waals surface area contributed by atoms with Crippen LogP contribution >= 0.6 is 0 Å². The van der Waals surface area contributed by atoms with Gasteiger partial charge in [0.2, 0.25) is 0 Å². The van der Waals surface area contributed by atoms with Crippen molar-refractivity contribution in [3.05, 3.63) is 35.9 Å². The summed E-state index contributed by atoms with van der Waals surface area (Å²) in [4.78, 5) is 15.5. The molecule has 0 aliphatic heterocycles. The second-order valence-electron chi connectivity index (χ2n) is 2.93. The van der Waals surface area contributed by atoms with Crippen molar-refractivity contribution in [3.63, 3.8) is 0 Å². The second-order valence-corrected chi connectivity index (χ2v) is 2.93. The summed E-state index contributed by atoms with van der Waals surface area (Å²) in [6.07, 6.45) is 0.00884. The lowest BCUT2D eigenvalue weighted by Gasteiger charge is -2.10. The smallest absolute Gasteiger partial charge is 0.160 e. The van der Waals surface area contributed by atoms with Crippen LogP contribution in [0.2, 0.25) is 0 Å². The molecule has 0 heterocycles. The molecule has 0 saturated carbocycles. The Balaban J connectivity index is 0.000000921. The fourth-order valence-electron chi connectivity index (χ4n) is 1.12. The normalized spacial score (nSPS) is 11.2. The van der Waals surface area contributed by atoms with E-state index in [2.05, 4.69) is 4.84 Å². The summed E-state index contributed by atoms with van der Waals surface area (Å²) in [5.74, 6) is 4.95. The maximum absolute atomic E-state index is 11.0. The number of hydrogen-bond acceptors (Lipinski definition) is 3. The molecule has 1 aromatic carbocycles. The predicted octanol–water partition coefficient (Wildman–Crippen LogP) is 2.10. The minimum atomic E-state index is -0.526. The van der Waals surface area contributed by atoms with Crippen LogP contribution in [-0.2, 0) is 16.1 Å². The summed E-state index contributed by atoms with van der Waals surface area (Å²) >= 11 is 0. The van der Waals surface area contributed by atoms with E-state index in [-0.39, 0.29) is 5.78 Å². The zero-order chi connectivity index (χ0) is 11.7. The molecule has 1 atom stereocenters. The molecule has 1 rings (SSSR count). The van der Waals surface area contributed by atoms with E-state index in [4.69, 9.17) is 5.90 Å². The van der Waals surface area contributed by atoms with Crippen molar-refractivity contribution in [3.8, 4) is 0 Å². The molecule has 0 spiro atoms. The zero-order valence-electron chi connectivity index (χ0n) is 9.57. The van der Waals surface area contributed by atoms with Gasteiger partial charge in [-0.15, -0.1) is 0 Å². The van der Waals surface area contributed by atoms with Crippen molar-refractivity contribution in [2.45, 2.75) is 33.3 Å². The van der Waals surface area contributed by atoms with Gasteiger partial charge in [0.15, 0.2) is 5.78 Å². The number of Topliss-reactive ketones (excluding diaryl/α,β-unsaturated/α-hetero) is 1. The van der Waals surface area contributed by atoms with E-state index in [9.17, 15) is 4.79 Å². The highest BCUT2D eigenvalue weighted by atomic mass is 16.6. The summed E-state index contributed by atoms with van der Waals surface area (Å²) in [5, 5.41) is 0. The van der Waals surface area contributed by atoms with Crippen LogP contribution in [0.5, 0.6) is 0 Å². The average molecular weight is 209 g/mol. The van der Waals surface area contributed by atoms with Gasteiger partial charge in [0, 0.05) is 6.42 Å². The first-order chi connectivity index (χ1) is 7.24. The zero-order valence-corrected chi connectivity index (χ0v) is 9.57. The Labute approximate surface area is 91.2 Å². The van der Waals surface area contributed by atoms with Crippen LogP contribution in [0.25, 0.3) is 0 Å². The van der Waals surface area contributed by atoms with Gasteiger partial charge in [-0.05, 0) is 12.5 Å². The van der Waals surface area contributed by atoms with Crippen molar-refractivity contribution < 1.29 is 9.63 Å². The van der Waals surface area contributed by atoms with Crippen molar-refractivity contribution >= 4 is 5.78 Å². The van der Waals surface area contributed by atoms with Gasteiger partial charge in [-0.25, -0.2) is 5.90 Å². The standard InChI is InChI=1S/C10H13NO2.C2H6/c1-8(12)10(13-11)7-9-5-3-2-4-6-9;1-2/h2-6,10H,7,11H2,1H3;1-2H3. The van der Waals surface area contributed by atoms with Crippen molar-refractivity contribution in [2.75, 3.05) is 0 Å². The van der Waals surface area contributed by atoms with Crippen molar-refractivity contribution in [2.24, 2.45) is 5.90 Å². The SMILES string of the molecule is CC.CC(=O)C(Cc1ccccc1)ON. The summed E-state index contributed by atoms with van der Waals surface area (Å²) in [6, 6.07) is 9.64. The third kappa shape index (κ3) is 5.30. The Morgan fingerprint density at radius 1 is 1.33 bits per heavy atom. The molecule has 0 aromatic heterocycles. The largest absolute Gasteiger partial charge is 0.297 e. The van der Waals surface area contributed by atoms with Gasteiger partial charge in [-0.2, -0.15) is 0 Å². The van der Waals surface area contributed by atoms with E-state index in [0.29, 0.717) is 6.42 Å². The Kier molecular flexibility index (Phi) is 7.50. The van der Waals surface area contributed by atoms with Crippen LogP contribution in [0.15, 0.2) is 30.3 Å². The highest BCUT2D eigenvalue weighted by molar-refractivity contribution is 5.80. The maximum atomic E-state index is 11.0. The minimum Gasteiger partial charge on any atom is -0.297 e. The number of ketones is 1. The Morgan fingerprint density at radius 3 is 2.27 bits per heavy atom. The summed E-state index contributed by atoms with van der Waals surface area (Å²) in [6.45, 7) is 5.47. The predicted molar refractivity (Wildman–Crippen MR) is 61.2 cm³/mol. The molecule has 0 aliphatic rings. The molecule has 0 bridgehead atoms. The highest BCUT2D eigenvalue weighted by Gasteiger charge is 2.13. The van der Waals surface area contributed by atoms with Crippen LogP contribution in [0.1, 0.15) is 26.3 Å². The lowest BCUT2D eigenvalue weighted by atomic mass is 10.1. The van der Waals surface area contributed by atoms with E-state index in [1.54, 1.807) is 0 Å². The summed E-state index contributed by atoms with van der Waals surface area (Å²) in [7, 11) is 0. The van der Waals surface area contributed by atoms with Gasteiger partial charge in [-0.1, -0.05) is 44.2 Å². The first-order valence-electron chi connectivity index (χ1n) is 5.14. The molecule has 84 valence electrons. The van der Waals surface area contributed by atoms with E-state index in [0.717, 1.165) is 5.56 Å². The molecule has 0 amide bonds. The van der Waals surface area contributed by atoms with Gasteiger partial charge in [-0.3, -0.25) is 9.63 Å². The third-order valence-corrected chi connectivity index (χ3v) is 1.88. The van der Waals surface area contributed by atoms with Crippen LogP contribution in [-0.4, -0.2) is 11.9 Å². The van der Waals surface area contributed by atoms with E-state index in [1.165, 1.54) is 6.92 Å². The molecule has 2 N–H and O–H groups in total. The van der Waals surface area contributed by atoms with E-state index >= 15 is 0 Å². The molecular formula is C12H19NO2. The number of nitrogens with two attached hydrogens (primary N) is 1. The topological polar surface area (TPSA) is 52.3 Å². The monoisotopic (exact) mass is 209 g/mol. The van der Waals surface area contributed by atoms with Gasteiger partial charge in [0.25, 0.3) is 0 Å². The molecule has 1 unspecified atom stereocenters. The van der Waals surface area contributed by atoms with Crippen LogP contribution in [0.3, 0.4) is 0 Å². The van der Waals surface area contributed by atoms with Gasteiger partial charge in [0.1, 0.15) is 6.10 Å². The quantitative estimate of drug-likeness (QED) is 0.773. The Morgan fingerprint density at radius 2 is 1.87 bits per heavy atom. The maximum Gasteiger partial charge on any atom is 0.160 e. The minimum absolute atomic E-state index is 0.0497. The lowest BCUT2D eigenvalue weighted by molar-refractivity contribution is -0.128. The number of carbonyl (C=O) groups excluding carboxylic acids is 1. The van der Waals surface area contributed by atoms with Crippen LogP contribution < -0.4 is 5.90 Å². The van der Waals surface area contributed by atoms with Gasteiger partial charge in [0.05, 0.1) is 0 Å². The first kappa shape index (κ1) is 13.8. The third-order valence-electron chi connectivity index (χ3n) is 1.88. The van der Waals surface area contributed by atoms with Crippen LogP contribution in [0.4, 0.5) is 0 Å². The van der Waals surface area contributed by atoms with Crippen molar-refractivity contribution in [1.82, 2.24) is 0 Å². The summed E-state index contributed by atoms with van der Waals surface area (Å²) in [5.41, 5.74) is 1.05. The molecular weight excluding hydrogens is 190 g/mol. The second kappa shape index (κ2) is 8.15. The summed E-state index contributed by atoms with van der Waals surface area (Å²) < 4.78 is 0. The molecule has 0 saturated heterocycles. The fourth-order valence-corrected chi connectivity index (χ4v) is 1.12. The molecule has 1 aromatic rings. The fraction of sp³-hybridized carbons (Fsp3) is 0.417. The Bertz CT molecular complexity index is 272. The first-order valence-corrected chi connectivity index (χ1v) is 5.14. The number of rotatable bonds is 4. The molecule has 0 radical (unpaired) electrons. The number of hydrogen-bond donors (Lipinski definition) is 1. The molecule has 3 nitrogen and oxygen atoms in total. The number of carbonyl (C=O) groups is 1. The number of benzene rings is 1. The lowest BCUT2D eigenvalue weighted by Crippen LogP contribution is -2.27. The van der Waals surface area contributed by atoms with Gasteiger partial charge < -0.3 is 0 Å². The average Bonchev–Trinajstić information content (AvgIpc) is 2.29. The van der Waals surface area contributed by atoms with E-state index in [1.807, 2.05) is 44.2 Å². The Hall–Kier alpha value is -1.19. The molecule has 3 heteroatoms. The molecule has 0 fully saturated rings.